The molecule has 0 heterocycles. The van der Waals surface area contributed by atoms with E-state index >= 15 is 0 Å². The first-order valence-electron chi connectivity index (χ1n) is 12.1. The molecule has 1 N–H and O–H groups in total. The van der Waals surface area contributed by atoms with Gasteiger partial charge in [-0.2, -0.15) is 0 Å². The van der Waals surface area contributed by atoms with Crippen LogP contribution in [0.15, 0.2) is 84.9 Å². The van der Waals surface area contributed by atoms with Gasteiger partial charge in [0.2, 0.25) is 5.12 Å². The number of benzene rings is 3. The van der Waals surface area contributed by atoms with Crippen LogP contribution in [0.3, 0.4) is 0 Å². The number of ether oxygens (including phenoxy) is 1. The van der Waals surface area contributed by atoms with Crippen molar-refractivity contribution in [2.24, 2.45) is 11.8 Å². The van der Waals surface area contributed by atoms with Gasteiger partial charge in [-0.3, -0.25) is 4.79 Å². The van der Waals surface area contributed by atoms with E-state index in [0.29, 0.717) is 10.6 Å². The van der Waals surface area contributed by atoms with Gasteiger partial charge in [-0.1, -0.05) is 102 Å². The maximum Gasteiger partial charge on any atom is 0.216 e. The topological polar surface area (TPSA) is 46.5 Å². The second-order valence-electron chi connectivity index (χ2n) is 9.95. The Bertz CT molecular complexity index is 986. The predicted octanol–water partition coefficient (Wildman–Crippen LogP) is 9.10. The highest BCUT2D eigenvalue weighted by Gasteiger charge is 2.23. The van der Waals surface area contributed by atoms with Crippen molar-refractivity contribution in [2.45, 2.75) is 61.0 Å². The number of thiocarbonyl (C=S) groups is 1. The molecule has 0 unspecified atom stereocenters. The highest BCUT2D eigenvalue weighted by atomic mass is 32.1. The maximum atomic E-state index is 10.5. The summed E-state index contributed by atoms with van der Waals surface area (Å²) >= 11 is 8.96. The zero-order valence-electron chi connectivity index (χ0n) is 22.9. The highest BCUT2D eigenvalue weighted by molar-refractivity contribution is 7.97. The van der Waals surface area contributed by atoms with Gasteiger partial charge >= 0.3 is 0 Å². The minimum Gasteiger partial charge on any atom is -0.508 e. The Labute approximate surface area is 229 Å². The second-order valence-corrected chi connectivity index (χ2v) is 10.7. The molecule has 0 aliphatic heterocycles. The molecule has 36 heavy (non-hydrogen) atoms. The normalized spacial score (nSPS) is 10.1. The van der Waals surface area contributed by atoms with Crippen LogP contribution in [0.25, 0.3) is 0 Å². The van der Waals surface area contributed by atoms with E-state index in [9.17, 15) is 9.90 Å². The van der Waals surface area contributed by atoms with E-state index in [0.717, 1.165) is 23.0 Å². The Hall–Kier alpha value is -2.63. The standard InChI is InChI=1S/C16H16O2S.C7H6OS.2C4H10/c1-16(2,13-6-4-3-5-7-13)18-15(19)12-8-10-14(17)11-9-12;8-7(9)6-4-2-1-3-5-6;2*1-4(2)3/h3-11,17H,1-2H3;1-5H,(H,8,9);2*4H,1-3H3. The van der Waals surface area contributed by atoms with Crippen molar-refractivity contribution >= 4 is 35.0 Å². The van der Waals surface area contributed by atoms with Crippen LogP contribution >= 0.6 is 24.8 Å². The van der Waals surface area contributed by atoms with E-state index in [1.165, 1.54) is 0 Å². The van der Waals surface area contributed by atoms with Gasteiger partial charge in [0.15, 0.2) is 5.05 Å². The monoisotopic (exact) mass is 526 g/mol. The lowest BCUT2D eigenvalue weighted by Crippen LogP contribution is -2.25. The lowest BCUT2D eigenvalue weighted by molar-refractivity contribution is 0.0999. The van der Waals surface area contributed by atoms with Crippen LogP contribution in [0.1, 0.15) is 76.9 Å². The average molecular weight is 527 g/mol. The fraction of sp³-hybridized carbons (Fsp3) is 0.355. The number of phenols is 1. The highest BCUT2D eigenvalue weighted by Crippen LogP contribution is 2.26. The molecule has 0 spiro atoms. The van der Waals surface area contributed by atoms with Gasteiger partial charge in [-0.25, -0.2) is 0 Å². The number of carbonyl (C=O) groups excluding carboxylic acids is 1. The Morgan fingerprint density at radius 1 is 0.750 bits per heavy atom. The Morgan fingerprint density at radius 3 is 1.50 bits per heavy atom. The molecule has 0 atom stereocenters. The van der Waals surface area contributed by atoms with Gasteiger partial charge < -0.3 is 9.84 Å². The van der Waals surface area contributed by atoms with Crippen LogP contribution in [0.5, 0.6) is 5.75 Å². The molecule has 0 amide bonds. The molecule has 0 aliphatic carbocycles. The molecule has 0 aromatic heterocycles. The van der Waals surface area contributed by atoms with Crippen LogP contribution in [0.2, 0.25) is 0 Å². The van der Waals surface area contributed by atoms with Crippen molar-refractivity contribution in [3.8, 4) is 5.75 Å². The van der Waals surface area contributed by atoms with Crippen molar-refractivity contribution in [2.75, 3.05) is 0 Å². The molecule has 3 aromatic carbocycles. The molecule has 0 fully saturated rings. The molecule has 5 heteroatoms. The van der Waals surface area contributed by atoms with Crippen molar-refractivity contribution in [1.29, 1.82) is 0 Å². The Kier molecular flexibility index (Phi) is 16.4. The largest absolute Gasteiger partial charge is 0.508 e. The lowest BCUT2D eigenvalue weighted by atomic mass is 9.98. The summed E-state index contributed by atoms with van der Waals surface area (Å²) in [6, 6.07) is 25.6. The number of rotatable bonds is 4. The summed E-state index contributed by atoms with van der Waals surface area (Å²) in [6.07, 6.45) is 0. The minimum atomic E-state index is -0.490. The average Bonchev–Trinajstić information content (AvgIpc) is 2.80. The smallest absolute Gasteiger partial charge is 0.216 e. The molecule has 3 nitrogen and oxygen atoms in total. The first-order valence-corrected chi connectivity index (χ1v) is 13.0. The molecule has 0 radical (unpaired) electrons. The quantitative estimate of drug-likeness (QED) is 0.263. The van der Waals surface area contributed by atoms with Gasteiger partial charge in [0.1, 0.15) is 11.4 Å². The second kappa shape index (κ2) is 17.7. The van der Waals surface area contributed by atoms with E-state index in [1.54, 1.807) is 36.4 Å². The van der Waals surface area contributed by atoms with Crippen LogP contribution in [0.4, 0.5) is 0 Å². The fourth-order valence-electron chi connectivity index (χ4n) is 2.37. The molecular weight excluding hydrogens is 484 g/mol. The third-order valence-corrected chi connectivity index (χ3v) is 4.52. The Morgan fingerprint density at radius 2 is 1.14 bits per heavy atom. The van der Waals surface area contributed by atoms with Crippen LogP contribution in [-0.4, -0.2) is 15.3 Å². The van der Waals surface area contributed by atoms with Gasteiger partial charge in [0.25, 0.3) is 0 Å². The number of hydrogen-bond donors (Lipinski definition) is 2. The molecule has 3 aromatic rings. The first-order chi connectivity index (χ1) is 16.8. The molecule has 3 rings (SSSR count). The summed E-state index contributed by atoms with van der Waals surface area (Å²) in [7, 11) is 0. The van der Waals surface area contributed by atoms with Gasteiger partial charge in [0, 0.05) is 11.1 Å². The summed E-state index contributed by atoms with van der Waals surface area (Å²) in [5, 5.41) is 9.51. The van der Waals surface area contributed by atoms with Crippen molar-refractivity contribution < 1.29 is 14.6 Å². The van der Waals surface area contributed by atoms with Gasteiger partial charge in [0.05, 0.1) is 0 Å². The molecule has 196 valence electrons. The summed E-state index contributed by atoms with van der Waals surface area (Å²) < 4.78 is 5.90. The first kappa shape index (κ1) is 33.4. The van der Waals surface area contributed by atoms with Crippen LogP contribution < -0.4 is 0 Å². The van der Waals surface area contributed by atoms with Gasteiger partial charge in [-0.15, -0.1) is 12.6 Å². The number of aromatic hydroxyl groups is 1. The number of thiol groups is 1. The minimum absolute atomic E-state index is 0.185. The van der Waals surface area contributed by atoms with Crippen molar-refractivity contribution in [3.05, 3.63) is 102 Å². The molecule has 0 aliphatic rings. The predicted molar refractivity (Wildman–Crippen MR) is 161 cm³/mol. The molecule has 0 saturated heterocycles. The molecule has 0 bridgehead atoms. The zero-order valence-corrected chi connectivity index (χ0v) is 24.6. The Balaban J connectivity index is 0.000000594. The fourth-order valence-corrected chi connectivity index (χ4v) is 2.86. The van der Waals surface area contributed by atoms with E-state index in [4.69, 9.17) is 17.0 Å². The van der Waals surface area contributed by atoms with E-state index < -0.39 is 5.60 Å². The van der Waals surface area contributed by atoms with Crippen LogP contribution in [0, 0.1) is 11.8 Å². The number of phenolic OH excluding ortho intramolecular Hbond substituents is 1. The van der Waals surface area contributed by atoms with Crippen molar-refractivity contribution in [3.63, 3.8) is 0 Å². The number of hydrogen-bond acceptors (Lipinski definition) is 4. The van der Waals surface area contributed by atoms with Crippen LogP contribution in [-0.2, 0) is 10.3 Å². The number of carbonyl (C=O) groups is 1. The summed E-state index contributed by atoms with van der Waals surface area (Å²) in [5.74, 6) is 1.88. The molecule has 0 saturated carbocycles. The van der Waals surface area contributed by atoms with Gasteiger partial charge in [-0.05, 0) is 67.7 Å². The van der Waals surface area contributed by atoms with Crippen molar-refractivity contribution in [1.82, 2.24) is 0 Å². The molecular formula is C31H42O3S2. The summed E-state index contributed by atoms with van der Waals surface area (Å²) in [6.45, 7) is 17.0. The third kappa shape index (κ3) is 16.1. The SMILES string of the molecule is CC(C)(OC(=S)c1ccc(O)cc1)c1ccccc1.CC(C)C.CC(C)C.O=C(S)c1ccccc1. The van der Waals surface area contributed by atoms with E-state index in [1.807, 2.05) is 62.4 Å². The van der Waals surface area contributed by atoms with E-state index in [2.05, 4.69) is 54.2 Å². The maximum absolute atomic E-state index is 10.5. The summed E-state index contributed by atoms with van der Waals surface area (Å²) in [5.41, 5.74) is 2.00. The van der Waals surface area contributed by atoms with E-state index in [-0.39, 0.29) is 10.9 Å². The zero-order chi connectivity index (χ0) is 27.7. The lowest BCUT2D eigenvalue weighted by Gasteiger charge is -2.27. The third-order valence-electron chi connectivity index (χ3n) is 3.94. The summed E-state index contributed by atoms with van der Waals surface area (Å²) in [4.78, 5) is 10.5.